The summed E-state index contributed by atoms with van der Waals surface area (Å²) in [6.45, 7) is 9.29. The van der Waals surface area contributed by atoms with Crippen molar-refractivity contribution in [2.45, 2.75) is 79.1 Å². The normalized spacial score (nSPS) is 23.2. The molecule has 0 radical (unpaired) electrons. The lowest BCUT2D eigenvalue weighted by atomic mass is 9.88. The van der Waals surface area contributed by atoms with Crippen molar-refractivity contribution in [2.75, 3.05) is 0 Å². The maximum Gasteiger partial charge on any atom is -0.0354 e. The number of hydrogen-bond acceptors (Lipinski definition) is 0. The second-order valence-corrected chi connectivity index (χ2v) is 6.55. The molecule has 0 atom stereocenters. The average molecular weight is 210 g/mol. The van der Waals surface area contributed by atoms with E-state index in [0.717, 1.165) is 11.8 Å². The summed E-state index contributed by atoms with van der Waals surface area (Å²) in [7, 11) is 0. The summed E-state index contributed by atoms with van der Waals surface area (Å²) < 4.78 is 0. The van der Waals surface area contributed by atoms with Crippen LogP contribution in [-0.2, 0) is 0 Å². The SMILES string of the molecule is CC(C)(C)C1CC1.CCC1CCCCC1. The first-order chi connectivity index (χ1) is 7.04. The van der Waals surface area contributed by atoms with E-state index in [4.69, 9.17) is 0 Å². The molecule has 90 valence electrons. The number of hydrogen-bond donors (Lipinski definition) is 0. The average Bonchev–Trinajstić information content (AvgIpc) is 3.02. The molecule has 0 aromatic heterocycles. The molecule has 0 unspecified atom stereocenters. The Bertz CT molecular complexity index is 153. The predicted molar refractivity (Wildman–Crippen MR) is 69.0 cm³/mol. The maximum atomic E-state index is 2.32. The molecule has 15 heavy (non-hydrogen) atoms. The molecule has 2 saturated carbocycles. The third kappa shape index (κ3) is 5.58. The third-order valence-corrected chi connectivity index (χ3v) is 4.10. The molecule has 0 spiro atoms. The second-order valence-electron chi connectivity index (χ2n) is 6.55. The van der Waals surface area contributed by atoms with E-state index in [1.165, 1.54) is 51.4 Å². The Labute approximate surface area is 96.8 Å². The van der Waals surface area contributed by atoms with Crippen molar-refractivity contribution in [1.29, 1.82) is 0 Å². The van der Waals surface area contributed by atoms with E-state index in [1.807, 2.05) is 0 Å². The summed E-state index contributed by atoms with van der Waals surface area (Å²) in [5, 5.41) is 0. The first-order valence-electron chi connectivity index (χ1n) is 7.04. The monoisotopic (exact) mass is 210 g/mol. The molecule has 2 rings (SSSR count). The van der Waals surface area contributed by atoms with Crippen LogP contribution >= 0.6 is 0 Å². The van der Waals surface area contributed by atoms with Gasteiger partial charge in [0.25, 0.3) is 0 Å². The van der Waals surface area contributed by atoms with Crippen LogP contribution in [0.15, 0.2) is 0 Å². The molecule has 0 heterocycles. The number of rotatable bonds is 1. The van der Waals surface area contributed by atoms with Crippen LogP contribution in [-0.4, -0.2) is 0 Å². The first kappa shape index (κ1) is 13.1. The molecule has 0 N–H and O–H groups in total. The Balaban J connectivity index is 0.000000151. The van der Waals surface area contributed by atoms with Gasteiger partial charge < -0.3 is 0 Å². The molecule has 0 saturated heterocycles. The highest BCUT2D eigenvalue weighted by atomic mass is 14.4. The van der Waals surface area contributed by atoms with Gasteiger partial charge in [-0.1, -0.05) is 66.2 Å². The van der Waals surface area contributed by atoms with Gasteiger partial charge in [0.15, 0.2) is 0 Å². The zero-order chi connectivity index (χ0) is 11.3. The molecule has 0 bridgehead atoms. The molecule has 0 aliphatic heterocycles. The van der Waals surface area contributed by atoms with E-state index in [0.29, 0.717) is 5.41 Å². The van der Waals surface area contributed by atoms with Gasteiger partial charge >= 0.3 is 0 Å². The zero-order valence-corrected chi connectivity index (χ0v) is 11.3. The van der Waals surface area contributed by atoms with Gasteiger partial charge in [-0.25, -0.2) is 0 Å². The van der Waals surface area contributed by atoms with Crippen LogP contribution in [0.5, 0.6) is 0 Å². The van der Waals surface area contributed by atoms with Crippen molar-refractivity contribution in [2.24, 2.45) is 17.3 Å². The Morgan fingerprint density at radius 1 is 0.867 bits per heavy atom. The van der Waals surface area contributed by atoms with Gasteiger partial charge in [0.1, 0.15) is 0 Å². The Morgan fingerprint density at radius 3 is 1.60 bits per heavy atom. The van der Waals surface area contributed by atoms with Gasteiger partial charge in [0.2, 0.25) is 0 Å². The van der Waals surface area contributed by atoms with Crippen LogP contribution in [0.2, 0.25) is 0 Å². The van der Waals surface area contributed by atoms with Crippen LogP contribution in [0.4, 0.5) is 0 Å². The summed E-state index contributed by atoms with van der Waals surface area (Å²) in [6, 6.07) is 0. The van der Waals surface area contributed by atoms with E-state index in [2.05, 4.69) is 27.7 Å². The smallest absolute Gasteiger partial charge is 0.0354 e. The van der Waals surface area contributed by atoms with E-state index in [9.17, 15) is 0 Å². The Hall–Kier alpha value is 0. The van der Waals surface area contributed by atoms with Crippen molar-refractivity contribution in [3.63, 3.8) is 0 Å². The first-order valence-corrected chi connectivity index (χ1v) is 7.04. The molecule has 0 aromatic carbocycles. The minimum Gasteiger partial charge on any atom is -0.0651 e. The van der Waals surface area contributed by atoms with Crippen LogP contribution in [0.25, 0.3) is 0 Å². The highest BCUT2D eigenvalue weighted by molar-refractivity contribution is 4.84. The molecule has 0 amide bonds. The lowest BCUT2D eigenvalue weighted by molar-refractivity contribution is 0.349. The molecular weight excluding hydrogens is 180 g/mol. The van der Waals surface area contributed by atoms with E-state index in [1.54, 1.807) is 0 Å². The second kappa shape index (κ2) is 5.92. The maximum absolute atomic E-state index is 2.32. The lowest BCUT2D eigenvalue weighted by Crippen LogP contribution is -2.06. The summed E-state index contributed by atoms with van der Waals surface area (Å²) in [6.07, 6.45) is 11.9. The van der Waals surface area contributed by atoms with Gasteiger partial charge in [-0.05, 0) is 30.1 Å². The predicted octanol–water partition coefficient (Wildman–Crippen LogP) is 5.42. The van der Waals surface area contributed by atoms with Crippen LogP contribution < -0.4 is 0 Å². The van der Waals surface area contributed by atoms with E-state index in [-0.39, 0.29) is 0 Å². The third-order valence-electron chi connectivity index (χ3n) is 4.10. The zero-order valence-electron chi connectivity index (χ0n) is 11.3. The molecule has 0 aromatic rings. The summed E-state index contributed by atoms with van der Waals surface area (Å²) >= 11 is 0. The van der Waals surface area contributed by atoms with Gasteiger partial charge in [0.05, 0.1) is 0 Å². The molecule has 2 aliphatic rings. The van der Waals surface area contributed by atoms with Crippen molar-refractivity contribution in [1.82, 2.24) is 0 Å². The topological polar surface area (TPSA) is 0 Å². The van der Waals surface area contributed by atoms with Crippen molar-refractivity contribution in [3.05, 3.63) is 0 Å². The highest BCUT2D eigenvalue weighted by Gasteiger charge is 2.33. The van der Waals surface area contributed by atoms with Crippen LogP contribution in [0, 0.1) is 17.3 Å². The highest BCUT2D eigenvalue weighted by Crippen LogP contribution is 2.44. The fourth-order valence-electron chi connectivity index (χ4n) is 2.54. The minimum absolute atomic E-state index is 0.611. The van der Waals surface area contributed by atoms with Gasteiger partial charge in [-0.3, -0.25) is 0 Å². The van der Waals surface area contributed by atoms with Gasteiger partial charge in [-0.15, -0.1) is 0 Å². The fourth-order valence-corrected chi connectivity index (χ4v) is 2.54. The quantitative estimate of drug-likeness (QED) is 0.542. The largest absolute Gasteiger partial charge is 0.0651 e. The van der Waals surface area contributed by atoms with Crippen molar-refractivity contribution < 1.29 is 0 Å². The minimum atomic E-state index is 0.611. The Kier molecular flexibility index (Phi) is 5.15. The van der Waals surface area contributed by atoms with Gasteiger partial charge in [-0.2, -0.15) is 0 Å². The van der Waals surface area contributed by atoms with Gasteiger partial charge in [0, 0.05) is 0 Å². The Morgan fingerprint density at radius 2 is 1.40 bits per heavy atom. The standard InChI is InChI=1S/C8H16.C7H14/c1-2-8-6-4-3-5-7-8;1-7(2,3)6-4-5-6/h8H,2-7H2,1H3;6H,4-5H2,1-3H3. The van der Waals surface area contributed by atoms with E-state index >= 15 is 0 Å². The van der Waals surface area contributed by atoms with Crippen molar-refractivity contribution >= 4 is 0 Å². The molecule has 2 fully saturated rings. The summed E-state index contributed by atoms with van der Waals surface area (Å²) in [5.74, 6) is 2.14. The van der Waals surface area contributed by atoms with Crippen LogP contribution in [0.1, 0.15) is 79.1 Å². The lowest BCUT2D eigenvalue weighted by Gasteiger charge is -2.18. The van der Waals surface area contributed by atoms with Crippen LogP contribution in [0.3, 0.4) is 0 Å². The summed E-state index contributed by atoms with van der Waals surface area (Å²) in [4.78, 5) is 0. The van der Waals surface area contributed by atoms with Crippen molar-refractivity contribution in [3.8, 4) is 0 Å². The molecular formula is C15H30. The molecule has 0 nitrogen and oxygen atoms in total. The van der Waals surface area contributed by atoms with E-state index < -0.39 is 0 Å². The molecule has 0 heteroatoms. The molecule has 2 aliphatic carbocycles. The fraction of sp³-hybridized carbons (Fsp3) is 1.00. The summed E-state index contributed by atoms with van der Waals surface area (Å²) in [5.41, 5.74) is 0.611.